The van der Waals surface area contributed by atoms with E-state index in [1.807, 2.05) is 0 Å². The van der Waals surface area contributed by atoms with Crippen LogP contribution in [0, 0.1) is 0 Å². The number of carbonyl (C=O) groups is 1. The van der Waals surface area contributed by atoms with Crippen molar-refractivity contribution >= 4 is 34.0 Å². The minimum Gasteiger partial charge on any atom is -0.484 e. The van der Waals surface area contributed by atoms with Crippen LogP contribution in [0.4, 0.5) is 5.13 Å². The zero-order valence-electron chi connectivity index (χ0n) is 10.5. The molecule has 1 aliphatic rings. The first-order valence-corrected chi connectivity index (χ1v) is 7.42. The van der Waals surface area contributed by atoms with E-state index in [2.05, 4.69) is 15.5 Å². The summed E-state index contributed by atoms with van der Waals surface area (Å²) in [5.74, 6) is 0.891. The van der Waals surface area contributed by atoms with Crippen LogP contribution in [0.1, 0.15) is 23.8 Å². The Morgan fingerprint density at radius 1 is 1.35 bits per heavy atom. The SMILES string of the molecule is O=C(COc1ccc(Cl)cc1)Nc1nnc(C2CC2)s1. The van der Waals surface area contributed by atoms with Gasteiger partial charge in [-0.25, -0.2) is 0 Å². The van der Waals surface area contributed by atoms with Crippen LogP contribution in [0.5, 0.6) is 5.75 Å². The smallest absolute Gasteiger partial charge is 0.264 e. The highest BCUT2D eigenvalue weighted by Gasteiger charge is 2.27. The van der Waals surface area contributed by atoms with Gasteiger partial charge in [0.05, 0.1) is 0 Å². The van der Waals surface area contributed by atoms with Crippen LogP contribution in [0.2, 0.25) is 5.02 Å². The lowest BCUT2D eigenvalue weighted by Gasteiger charge is -2.05. The van der Waals surface area contributed by atoms with Gasteiger partial charge in [-0.15, -0.1) is 10.2 Å². The van der Waals surface area contributed by atoms with Gasteiger partial charge in [-0.2, -0.15) is 0 Å². The number of benzene rings is 1. The fourth-order valence-corrected chi connectivity index (χ4v) is 2.67. The fraction of sp³-hybridized carbons (Fsp3) is 0.308. The number of hydrogen-bond acceptors (Lipinski definition) is 5. The number of amides is 1. The number of ether oxygens (including phenoxy) is 1. The van der Waals surface area contributed by atoms with Crippen molar-refractivity contribution in [1.82, 2.24) is 10.2 Å². The van der Waals surface area contributed by atoms with Gasteiger partial charge >= 0.3 is 0 Å². The highest BCUT2D eigenvalue weighted by molar-refractivity contribution is 7.15. The average Bonchev–Trinajstić information content (AvgIpc) is 3.19. The summed E-state index contributed by atoms with van der Waals surface area (Å²) >= 11 is 7.19. The highest BCUT2D eigenvalue weighted by atomic mass is 35.5. The minimum absolute atomic E-state index is 0.0695. The first-order valence-electron chi connectivity index (χ1n) is 6.22. The number of anilines is 1. The predicted molar refractivity (Wildman–Crippen MR) is 77.5 cm³/mol. The number of nitrogens with one attached hydrogen (secondary N) is 1. The van der Waals surface area contributed by atoms with E-state index < -0.39 is 0 Å². The molecule has 0 spiro atoms. The van der Waals surface area contributed by atoms with Crippen LogP contribution in [0.15, 0.2) is 24.3 Å². The second-order valence-corrected chi connectivity index (χ2v) is 5.96. The molecule has 5 nitrogen and oxygen atoms in total. The second kappa shape index (κ2) is 5.76. The third-order valence-electron chi connectivity index (χ3n) is 2.80. The molecular formula is C13H12ClN3O2S. The Hall–Kier alpha value is -1.66. The van der Waals surface area contributed by atoms with Crippen LogP contribution in [-0.2, 0) is 4.79 Å². The van der Waals surface area contributed by atoms with Crippen molar-refractivity contribution in [3.05, 3.63) is 34.3 Å². The maximum atomic E-state index is 11.7. The lowest BCUT2D eigenvalue weighted by atomic mass is 10.3. The molecule has 104 valence electrons. The largest absolute Gasteiger partial charge is 0.484 e. The summed E-state index contributed by atoms with van der Waals surface area (Å²) in [6, 6.07) is 6.85. The zero-order valence-corrected chi connectivity index (χ0v) is 12.1. The lowest BCUT2D eigenvalue weighted by molar-refractivity contribution is -0.118. The van der Waals surface area contributed by atoms with E-state index in [0.717, 1.165) is 5.01 Å². The van der Waals surface area contributed by atoms with E-state index in [9.17, 15) is 4.79 Å². The predicted octanol–water partition coefficient (Wildman–Crippen LogP) is 3.09. The average molecular weight is 310 g/mol. The molecule has 0 aliphatic heterocycles. The van der Waals surface area contributed by atoms with Crippen LogP contribution in [-0.4, -0.2) is 22.7 Å². The van der Waals surface area contributed by atoms with E-state index in [1.165, 1.54) is 24.2 Å². The summed E-state index contributed by atoms with van der Waals surface area (Å²) in [7, 11) is 0. The van der Waals surface area contributed by atoms with Crippen molar-refractivity contribution in [1.29, 1.82) is 0 Å². The Morgan fingerprint density at radius 3 is 2.80 bits per heavy atom. The fourth-order valence-electron chi connectivity index (χ4n) is 1.62. The molecule has 1 fully saturated rings. The molecule has 1 heterocycles. The van der Waals surface area contributed by atoms with E-state index in [1.54, 1.807) is 24.3 Å². The Morgan fingerprint density at radius 2 is 2.10 bits per heavy atom. The van der Waals surface area contributed by atoms with E-state index >= 15 is 0 Å². The van der Waals surface area contributed by atoms with Gasteiger partial charge in [0.1, 0.15) is 10.8 Å². The number of carbonyl (C=O) groups excluding carboxylic acids is 1. The van der Waals surface area contributed by atoms with Crippen molar-refractivity contribution < 1.29 is 9.53 Å². The van der Waals surface area contributed by atoms with E-state index in [0.29, 0.717) is 21.8 Å². The van der Waals surface area contributed by atoms with Crippen LogP contribution >= 0.6 is 22.9 Å². The van der Waals surface area contributed by atoms with Gasteiger partial charge in [-0.05, 0) is 37.1 Å². The zero-order chi connectivity index (χ0) is 13.9. The molecule has 3 rings (SSSR count). The van der Waals surface area contributed by atoms with Crippen molar-refractivity contribution in [2.24, 2.45) is 0 Å². The number of nitrogens with zero attached hydrogens (tertiary/aromatic N) is 2. The van der Waals surface area contributed by atoms with Gasteiger partial charge in [-0.1, -0.05) is 22.9 Å². The maximum absolute atomic E-state index is 11.7. The molecule has 0 unspecified atom stereocenters. The molecule has 1 N–H and O–H groups in total. The van der Waals surface area contributed by atoms with Gasteiger partial charge in [0.15, 0.2) is 6.61 Å². The third kappa shape index (κ3) is 3.46. The van der Waals surface area contributed by atoms with Crippen LogP contribution in [0.3, 0.4) is 0 Å². The first kappa shape index (κ1) is 13.3. The minimum atomic E-state index is -0.251. The first-order chi connectivity index (χ1) is 9.70. The monoisotopic (exact) mass is 309 g/mol. The van der Waals surface area contributed by atoms with Gasteiger partial charge in [0.25, 0.3) is 5.91 Å². The third-order valence-corrected chi connectivity index (χ3v) is 4.05. The normalized spacial score (nSPS) is 14.1. The summed E-state index contributed by atoms with van der Waals surface area (Å²) in [4.78, 5) is 11.7. The van der Waals surface area contributed by atoms with Crippen LogP contribution < -0.4 is 10.1 Å². The van der Waals surface area contributed by atoms with Crippen molar-refractivity contribution in [2.45, 2.75) is 18.8 Å². The molecule has 1 aromatic carbocycles. The summed E-state index contributed by atoms with van der Waals surface area (Å²) in [6.45, 7) is -0.0695. The quantitative estimate of drug-likeness (QED) is 0.922. The van der Waals surface area contributed by atoms with E-state index in [4.69, 9.17) is 16.3 Å². The summed E-state index contributed by atoms with van der Waals surface area (Å²) in [5.41, 5.74) is 0. The summed E-state index contributed by atoms with van der Waals surface area (Å²) < 4.78 is 5.35. The molecule has 0 bridgehead atoms. The van der Waals surface area contributed by atoms with Gasteiger partial charge in [-0.3, -0.25) is 10.1 Å². The lowest BCUT2D eigenvalue weighted by Crippen LogP contribution is -2.20. The highest BCUT2D eigenvalue weighted by Crippen LogP contribution is 2.41. The topological polar surface area (TPSA) is 64.1 Å². The molecule has 1 aliphatic carbocycles. The molecule has 1 saturated carbocycles. The van der Waals surface area contributed by atoms with Crippen molar-refractivity contribution in [3.8, 4) is 5.75 Å². The van der Waals surface area contributed by atoms with E-state index in [-0.39, 0.29) is 12.5 Å². The number of hydrogen-bond donors (Lipinski definition) is 1. The van der Waals surface area contributed by atoms with Gasteiger partial charge in [0, 0.05) is 10.9 Å². The van der Waals surface area contributed by atoms with Gasteiger partial charge < -0.3 is 4.74 Å². The molecule has 1 amide bonds. The number of halogens is 1. The Bertz CT molecular complexity index is 610. The van der Waals surface area contributed by atoms with Crippen molar-refractivity contribution in [2.75, 3.05) is 11.9 Å². The molecule has 0 saturated heterocycles. The molecule has 7 heteroatoms. The molecule has 1 aromatic heterocycles. The molecule has 0 atom stereocenters. The molecule has 0 radical (unpaired) electrons. The molecule has 20 heavy (non-hydrogen) atoms. The summed E-state index contributed by atoms with van der Waals surface area (Å²) in [5, 5.41) is 12.8. The number of aromatic nitrogens is 2. The maximum Gasteiger partial charge on any atom is 0.264 e. The Balaban J connectivity index is 1.49. The van der Waals surface area contributed by atoms with Crippen LogP contribution in [0.25, 0.3) is 0 Å². The Labute approximate surface area is 124 Å². The Kier molecular flexibility index (Phi) is 3.84. The second-order valence-electron chi connectivity index (χ2n) is 4.51. The molecular weight excluding hydrogens is 298 g/mol. The standard InChI is InChI=1S/C13H12ClN3O2S/c14-9-3-5-10(6-4-9)19-7-11(18)15-13-17-16-12(20-13)8-1-2-8/h3-6,8H,1-2,7H2,(H,15,17,18). The summed E-state index contributed by atoms with van der Waals surface area (Å²) in [6.07, 6.45) is 2.34. The van der Waals surface area contributed by atoms with Crippen molar-refractivity contribution in [3.63, 3.8) is 0 Å². The van der Waals surface area contributed by atoms with Gasteiger partial charge in [0.2, 0.25) is 5.13 Å². The number of rotatable bonds is 5. The molecule has 2 aromatic rings.